The summed E-state index contributed by atoms with van der Waals surface area (Å²) in [6.07, 6.45) is 0. The lowest BCUT2D eigenvalue weighted by molar-refractivity contribution is 0.371. The number of hydrogen-bond donors (Lipinski definition) is 1. The second-order valence-corrected chi connectivity index (χ2v) is 7.30. The quantitative estimate of drug-likeness (QED) is 0.555. The van der Waals surface area contributed by atoms with Crippen LogP contribution in [0.1, 0.15) is 5.69 Å². The van der Waals surface area contributed by atoms with Crippen LogP contribution in [-0.4, -0.2) is 49.2 Å². The average Bonchev–Trinajstić information content (AvgIpc) is 3.42. The summed E-state index contributed by atoms with van der Waals surface area (Å²) in [6, 6.07) is 16.3. The van der Waals surface area contributed by atoms with Crippen molar-refractivity contribution < 1.29 is 4.52 Å². The molecule has 3 heterocycles. The summed E-state index contributed by atoms with van der Waals surface area (Å²) in [5, 5.41) is 11.0. The second-order valence-electron chi connectivity index (χ2n) is 6.37. The molecule has 0 aliphatic carbocycles. The van der Waals surface area contributed by atoms with E-state index in [1.807, 2.05) is 43.4 Å². The van der Waals surface area contributed by atoms with E-state index < -0.39 is 0 Å². The Morgan fingerprint density at radius 3 is 2.67 bits per heavy atom. The molecular weight excluding hydrogens is 358 g/mol. The minimum Gasteiger partial charge on any atom is -0.360 e. The third-order valence-corrected chi connectivity index (χ3v) is 5.58. The van der Waals surface area contributed by atoms with Gasteiger partial charge in [0.05, 0.1) is 11.5 Å². The van der Waals surface area contributed by atoms with Gasteiger partial charge in [-0.05, 0) is 17.5 Å². The number of hydrogen-bond acceptors (Lipinski definition) is 5. The maximum atomic E-state index is 5.47. The van der Waals surface area contributed by atoms with Crippen LogP contribution >= 0.6 is 11.3 Å². The van der Waals surface area contributed by atoms with Crippen molar-refractivity contribution in [3.05, 3.63) is 59.6 Å². The molecule has 1 aliphatic rings. The van der Waals surface area contributed by atoms with Gasteiger partial charge >= 0.3 is 0 Å². The number of benzene rings is 1. The Kier molecular flexibility index (Phi) is 5.39. The lowest BCUT2D eigenvalue weighted by Gasteiger charge is -2.36. The molecule has 0 bridgehead atoms. The van der Waals surface area contributed by atoms with Crippen LogP contribution in [0.4, 0.5) is 5.00 Å². The number of piperazine rings is 1. The molecule has 1 aliphatic heterocycles. The van der Waals surface area contributed by atoms with E-state index in [1.54, 1.807) is 11.3 Å². The molecule has 140 valence electrons. The second kappa shape index (κ2) is 8.26. The highest BCUT2D eigenvalue weighted by Crippen LogP contribution is 2.22. The Morgan fingerprint density at radius 2 is 1.96 bits per heavy atom. The third-order valence-electron chi connectivity index (χ3n) is 4.65. The largest absolute Gasteiger partial charge is 0.360 e. The van der Waals surface area contributed by atoms with Gasteiger partial charge in [0.15, 0.2) is 11.7 Å². The third kappa shape index (κ3) is 4.14. The molecule has 4 rings (SSSR count). The molecule has 1 N–H and O–H groups in total. The zero-order valence-corrected chi connectivity index (χ0v) is 16.2. The van der Waals surface area contributed by atoms with Gasteiger partial charge in [0.25, 0.3) is 0 Å². The maximum Gasteiger partial charge on any atom is 0.194 e. The molecule has 0 unspecified atom stereocenters. The lowest BCUT2D eigenvalue weighted by Crippen LogP contribution is -2.52. The van der Waals surface area contributed by atoms with Crippen LogP contribution in [0.25, 0.3) is 11.3 Å². The van der Waals surface area contributed by atoms with Crippen molar-refractivity contribution in [2.24, 2.45) is 4.99 Å². The summed E-state index contributed by atoms with van der Waals surface area (Å²) in [5.74, 6) is 1.69. The van der Waals surface area contributed by atoms with Crippen molar-refractivity contribution in [1.29, 1.82) is 0 Å². The van der Waals surface area contributed by atoms with Crippen molar-refractivity contribution in [3.63, 3.8) is 0 Å². The normalized spacial score (nSPS) is 15.2. The van der Waals surface area contributed by atoms with E-state index in [2.05, 4.69) is 42.8 Å². The van der Waals surface area contributed by atoms with E-state index in [1.165, 1.54) is 5.00 Å². The molecule has 1 saturated heterocycles. The molecular formula is C20H23N5OS. The Balaban J connectivity index is 1.32. The molecule has 0 spiro atoms. The van der Waals surface area contributed by atoms with Crippen LogP contribution in [0.2, 0.25) is 0 Å². The molecule has 27 heavy (non-hydrogen) atoms. The highest BCUT2D eigenvalue weighted by atomic mass is 32.1. The molecule has 0 amide bonds. The number of nitrogens with one attached hydrogen (secondary N) is 1. The summed E-state index contributed by atoms with van der Waals surface area (Å²) < 4.78 is 5.47. The zero-order chi connectivity index (χ0) is 18.5. The van der Waals surface area contributed by atoms with E-state index in [0.717, 1.165) is 49.2 Å². The molecule has 7 heteroatoms. The van der Waals surface area contributed by atoms with Crippen LogP contribution in [0.15, 0.2) is 63.4 Å². The van der Waals surface area contributed by atoms with E-state index in [9.17, 15) is 0 Å². The van der Waals surface area contributed by atoms with Crippen molar-refractivity contribution in [2.45, 2.75) is 6.54 Å². The highest BCUT2D eigenvalue weighted by Gasteiger charge is 2.20. The Labute approximate surface area is 163 Å². The van der Waals surface area contributed by atoms with Crippen molar-refractivity contribution in [3.8, 4) is 11.3 Å². The van der Waals surface area contributed by atoms with Crippen LogP contribution in [0.5, 0.6) is 0 Å². The number of aliphatic imine (C=N–C) groups is 1. The molecule has 1 aromatic carbocycles. The zero-order valence-electron chi connectivity index (χ0n) is 15.3. The first-order valence-corrected chi connectivity index (χ1v) is 9.96. The van der Waals surface area contributed by atoms with Gasteiger partial charge in [-0.3, -0.25) is 4.99 Å². The van der Waals surface area contributed by atoms with Gasteiger partial charge in [-0.1, -0.05) is 35.5 Å². The number of guanidine groups is 1. The molecule has 0 radical (unpaired) electrons. The van der Waals surface area contributed by atoms with Gasteiger partial charge in [-0.25, -0.2) is 0 Å². The number of nitrogens with zero attached hydrogens (tertiary/aromatic N) is 4. The SMILES string of the molecule is CN=C(NCc1cc(-c2ccccc2)on1)N1CCN(c2cccs2)CC1. The molecule has 6 nitrogen and oxygen atoms in total. The molecule has 2 aromatic heterocycles. The summed E-state index contributed by atoms with van der Waals surface area (Å²) in [7, 11) is 1.83. The summed E-state index contributed by atoms with van der Waals surface area (Å²) in [4.78, 5) is 9.16. The fourth-order valence-electron chi connectivity index (χ4n) is 3.22. The van der Waals surface area contributed by atoms with Crippen molar-refractivity contribution in [2.75, 3.05) is 38.1 Å². The van der Waals surface area contributed by atoms with Crippen molar-refractivity contribution in [1.82, 2.24) is 15.4 Å². The Bertz CT molecular complexity index is 867. The van der Waals surface area contributed by atoms with Crippen LogP contribution in [0.3, 0.4) is 0 Å². The first-order chi connectivity index (χ1) is 13.3. The van der Waals surface area contributed by atoms with Gasteiger partial charge in [-0.15, -0.1) is 11.3 Å². The van der Waals surface area contributed by atoms with E-state index >= 15 is 0 Å². The van der Waals surface area contributed by atoms with Crippen LogP contribution < -0.4 is 10.2 Å². The van der Waals surface area contributed by atoms with E-state index in [0.29, 0.717) is 6.54 Å². The topological polar surface area (TPSA) is 56.9 Å². The Hall–Kier alpha value is -2.80. The fourth-order valence-corrected chi connectivity index (χ4v) is 4.01. The monoisotopic (exact) mass is 381 g/mol. The lowest BCUT2D eigenvalue weighted by atomic mass is 10.2. The summed E-state index contributed by atoms with van der Waals surface area (Å²) in [6.45, 7) is 4.50. The fraction of sp³-hybridized carbons (Fsp3) is 0.300. The van der Waals surface area contributed by atoms with Gasteiger partial charge in [0.1, 0.15) is 5.69 Å². The van der Waals surface area contributed by atoms with Gasteiger partial charge in [0, 0.05) is 44.9 Å². The number of anilines is 1. The first kappa shape index (κ1) is 17.6. The van der Waals surface area contributed by atoms with E-state index in [4.69, 9.17) is 4.52 Å². The molecule has 0 saturated carbocycles. The standard InChI is InChI=1S/C20H23N5OS/c1-21-20(25-11-9-24(10-12-25)19-8-5-13-27-19)22-15-17-14-18(26-23-17)16-6-3-2-4-7-16/h2-8,13-14H,9-12,15H2,1H3,(H,21,22). The molecule has 0 atom stereocenters. The number of thiophene rings is 1. The van der Waals surface area contributed by atoms with Crippen molar-refractivity contribution >= 4 is 22.3 Å². The highest BCUT2D eigenvalue weighted by molar-refractivity contribution is 7.14. The molecule has 3 aromatic rings. The van der Waals surface area contributed by atoms with E-state index in [-0.39, 0.29) is 0 Å². The maximum absolute atomic E-state index is 5.47. The van der Waals surface area contributed by atoms with Gasteiger partial charge in [-0.2, -0.15) is 0 Å². The predicted molar refractivity (Wildman–Crippen MR) is 110 cm³/mol. The number of aromatic nitrogens is 1. The van der Waals surface area contributed by atoms with Gasteiger partial charge < -0.3 is 19.6 Å². The average molecular weight is 382 g/mol. The predicted octanol–water partition coefficient (Wildman–Crippen LogP) is 3.30. The minimum atomic E-state index is 0.591. The van der Waals surface area contributed by atoms with Crippen LogP contribution in [-0.2, 0) is 6.54 Å². The van der Waals surface area contributed by atoms with Gasteiger partial charge in [0.2, 0.25) is 0 Å². The minimum absolute atomic E-state index is 0.591. The number of rotatable bonds is 4. The van der Waals surface area contributed by atoms with Crippen LogP contribution in [0, 0.1) is 0 Å². The molecule has 1 fully saturated rings. The smallest absolute Gasteiger partial charge is 0.194 e. The summed E-state index contributed by atoms with van der Waals surface area (Å²) >= 11 is 1.80. The first-order valence-electron chi connectivity index (χ1n) is 9.08. The summed E-state index contributed by atoms with van der Waals surface area (Å²) in [5.41, 5.74) is 1.90. The Morgan fingerprint density at radius 1 is 1.15 bits per heavy atom.